The first-order valence-electron chi connectivity index (χ1n) is 4.04. The molecule has 2 heteroatoms. The third-order valence-corrected chi connectivity index (χ3v) is 2.18. The van der Waals surface area contributed by atoms with Crippen molar-refractivity contribution in [3.05, 3.63) is 0 Å². The van der Waals surface area contributed by atoms with E-state index in [1.54, 1.807) is 0 Å². The molecule has 2 nitrogen and oxygen atoms in total. The van der Waals surface area contributed by atoms with Crippen molar-refractivity contribution in [3.8, 4) is 0 Å². The van der Waals surface area contributed by atoms with E-state index in [4.69, 9.17) is 0 Å². The smallest absolute Gasteiger partial charge is 0.124 e. The van der Waals surface area contributed by atoms with Gasteiger partial charge in [-0.1, -0.05) is 6.92 Å². The van der Waals surface area contributed by atoms with Gasteiger partial charge in [-0.25, -0.2) is 0 Å². The second kappa shape index (κ2) is 3.71. The van der Waals surface area contributed by atoms with Gasteiger partial charge in [-0.3, -0.25) is 0 Å². The average molecular weight is 141 g/mol. The fraction of sp³-hybridized carbons (Fsp3) is 0.875. The van der Waals surface area contributed by atoms with Gasteiger partial charge in [0.2, 0.25) is 0 Å². The van der Waals surface area contributed by atoms with Crippen molar-refractivity contribution >= 4 is 6.29 Å². The van der Waals surface area contributed by atoms with Gasteiger partial charge in [0.25, 0.3) is 0 Å². The molecule has 1 fully saturated rings. The summed E-state index contributed by atoms with van der Waals surface area (Å²) in [6.07, 6.45) is 3.39. The molecule has 58 valence electrons. The van der Waals surface area contributed by atoms with Crippen LogP contribution in [-0.4, -0.2) is 30.8 Å². The average Bonchev–Trinajstić information content (AvgIpc) is 2.05. The standard InChI is InChI=1S/C8H15NO/c1-2-9-5-3-4-8(6-9)7-10/h7-8H,2-6H2,1H3/t8-/m1/s1. The molecule has 0 aromatic carbocycles. The van der Waals surface area contributed by atoms with Gasteiger partial charge in [-0.05, 0) is 25.9 Å². The lowest BCUT2D eigenvalue weighted by molar-refractivity contribution is -0.112. The van der Waals surface area contributed by atoms with E-state index in [0.29, 0.717) is 5.92 Å². The number of aldehydes is 1. The minimum atomic E-state index is 0.314. The Kier molecular flexibility index (Phi) is 2.87. The minimum absolute atomic E-state index is 0.314. The van der Waals surface area contributed by atoms with Gasteiger partial charge in [0.05, 0.1) is 0 Å². The molecule has 1 aliphatic rings. The first kappa shape index (κ1) is 7.73. The molecule has 0 aromatic heterocycles. The minimum Gasteiger partial charge on any atom is -0.303 e. The van der Waals surface area contributed by atoms with Crippen molar-refractivity contribution in [1.29, 1.82) is 0 Å². The molecule has 0 saturated carbocycles. The van der Waals surface area contributed by atoms with Crippen molar-refractivity contribution in [2.24, 2.45) is 5.92 Å². The first-order valence-corrected chi connectivity index (χ1v) is 4.04. The Morgan fingerprint density at radius 3 is 3.10 bits per heavy atom. The lowest BCUT2D eigenvalue weighted by Crippen LogP contribution is -2.35. The quantitative estimate of drug-likeness (QED) is 0.533. The van der Waals surface area contributed by atoms with Crippen molar-refractivity contribution in [1.82, 2.24) is 4.90 Å². The summed E-state index contributed by atoms with van der Waals surface area (Å²) in [5.74, 6) is 0.314. The zero-order valence-electron chi connectivity index (χ0n) is 6.55. The number of likely N-dealkylation sites (tertiary alicyclic amines) is 1. The summed E-state index contributed by atoms with van der Waals surface area (Å²) in [6.45, 7) is 5.40. The van der Waals surface area contributed by atoms with Crippen LogP contribution in [0.15, 0.2) is 0 Å². The van der Waals surface area contributed by atoms with Crippen LogP contribution < -0.4 is 0 Å². The molecule has 0 aliphatic carbocycles. The van der Waals surface area contributed by atoms with Crippen molar-refractivity contribution in [3.63, 3.8) is 0 Å². The molecule has 0 radical (unpaired) electrons. The summed E-state index contributed by atoms with van der Waals surface area (Å²) in [5.41, 5.74) is 0. The number of piperidine rings is 1. The van der Waals surface area contributed by atoms with E-state index in [1.807, 2.05) is 0 Å². The van der Waals surface area contributed by atoms with Crippen LogP contribution in [0.25, 0.3) is 0 Å². The molecule has 0 amide bonds. The highest BCUT2D eigenvalue weighted by Crippen LogP contribution is 2.13. The van der Waals surface area contributed by atoms with Gasteiger partial charge in [0.15, 0.2) is 0 Å². The molecule has 0 bridgehead atoms. The van der Waals surface area contributed by atoms with Gasteiger partial charge in [0.1, 0.15) is 6.29 Å². The molecule has 0 unspecified atom stereocenters. The number of nitrogens with zero attached hydrogens (tertiary/aromatic N) is 1. The van der Waals surface area contributed by atoms with E-state index in [0.717, 1.165) is 25.8 Å². The lowest BCUT2D eigenvalue weighted by atomic mass is 10.00. The van der Waals surface area contributed by atoms with E-state index in [-0.39, 0.29) is 0 Å². The predicted molar refractivity (Wildman–Crippen MR) is 40.9 cm³/mol. The van der Waals surface area contributed by atoms with Crippen LogP contribution in [0.1, 0.15) is 19.8 Å². The number of carbonyl (C=O) groups is 1. The maximum absolute atomic E-state index is 10.4. The largest absolute Gasteiger partial charge is 0.303 e. The van der Waals surface area contributed by atoms with Crippen molar-refractivity contribution in [2.45, 2.75) is 19.8 Å². The monoisotopic (exact) mass is 141 g/mol. The Labute approximate surface area is 62.2 Å². The highest BCUT2D eigenvalue weighted by molar-refractivity contribution is 5.53. The number of hydrogen-bond acceptors (Lipinski definition) is 2. The van der Waals surface area contributed by atoms with Gasteiger partial charge in [0, 0.05) is 12.5 Å². The van der Waals surface area contributed by atoms with E-state index in [1.165, 1.54) is 13.0 Å². The second-order valence-corrected chi connectivity index (χ2v) is 2.93. The summed E-state index contributed by atoms with van der Waals surface area (Å²) >= 11 is 0. The number of rotatable bonds is 2. The fourth-order valence-corrected chi connectivity index (χ4v) is 1.49. The highest BCUT2D eigenvalue weighted by atomic mass is 16.1. The number of carbonyl (C=O) groups excluding carboxylic acids is 1. The van der Waals surface area contributed by atoms with Crippen LogP contribution in [0.4, 0.5) is 0 Å². The summed E-state index contributed by atoms with van der Waals surface area (Å²) in [5, 5.41) is 0. The molecule has 0 N–H and O–H groups in total. The van der Waals surface area contributed by atoms with E-state index >= 15 is 0 Å². The lowest BCUT2D eigenvalue weighted by Gasteiger charge is -2.28. The third kappa shape index (κ3) is 1.81. The Hall–Kier alpha value is -0.370. The van der Waals surface area contributed by atoms with Crippen molar-refractivity contribution in [2.75, 3.05) is 19.6 Å². The van der Waals surface area contributed by atoms with Crippen LogP contribution in [-0.2, 0) is 4.79 Å². The SMILES string of the molecule is CCN1CCC[C@@H](C=O)C1. The molecule has 1 rings (SSSR count). The molecule has 1 saturated heterocycles. The number of hydrogen-bond donors (Lipinski definition) is 0. The maximum Gasteiger partial charge on any atom is 0.124 e. The topological polar surface area (TPSA) is 20.3 Å². The van der Waals surface area contributed by atoms with E-state index in [2.05, 4.69) is 11.8 Å². The zero-order valence-corrected chi connectivity index (χ0v) is 6.55. The summed E-state index contributed by atoms with van der Waals surface area (Å²) in [7, 11) is 0. The van der Waals surface area contributed by atoms with E-state index < -0.39 is 0 Å². The Bertz CT molecular complexity index is 114. The normalized spacial score (nSPS) is 28.3. The molecule has 10 heavy (non-hydrogen) atoms. The fourth-order valence-electron chi connectivity index (χ4n) is 1.49. The van der Waals surface area contributed by atoms with Crippen LogP contribution in [0, 0.1) is 5.92 Å². The Morgan fingerprint density at radius 2 is 2.50 bits per heavy atom. The van der Waals surface area contributed by atoms with Gasteiger partial charge >= 0.3 is 0 Å². The summed E-state index contributed by atoms with van der Waals surface area (Å²) < 4.78 is 0. The molecular weight excluding hydrogens is 126 g/mol. The summed E-state index contributed by atoms with van der Waals surface area (Å²) in [4.78, 5) is 12.7. The van der Waals surface area contributed by atoms with Crippen LogP contribution in [0.3, 0.4) is 0 Å². The molecule has 1 heterocycles. The summed E-state index contributed by atoms with van der Waals surface area (Å²) in [6, 6.07) is 0. The van der Waals surface area contributed by atoms with Gasteiger partial charge in [-0.15, -0.1) is 0 Å². The van der Waals surface area contributed by atoms with Gasteiger partial charge < -0.3 is 9.69 Å². The molecule has 0 aromatic rings. The van der Waals surface area contributed by atoms with Crippen LogP contribution in [0.2, 0.25) is 0 Å². The van der Waals surface area contributed by atoms with Crippen LogP contribution in [0.5, 0.6) is 0 Å². The first-order chi connectivity index (χ1) is 4.86. The van der Waals surface area contributed by atoms with E-state index in [9.17, 15) is 4.79 Å². The highest BCUT2D eigenvalue weighted by Gasteiger charge is 2.16. The van der Waals surface area contributed by atoms with Crippen LogP contribution >= 0.6 is 0 Å². The zero-order chi connectivity index (χ0) is 7.40. The third-order valence-electron chi connectivity index (χ3n) is 2.18. The maximum atomic E-state index is 10.4. The van der Waals surface area contributed by atoms with Crippen molar-refractivity contribution < 1.29 is 4.79 Å². The van der Waals surface area contributed by atoms with Gasteiger partial charge in [-0.2, -0.15) is 0 Å². The molecular formula is C8H15NO. The molecule has 1 atom stereocenters. The Morgan fingerprint density at radius 1 is 1.70 bits per heavy atom. The molecule has 0 spiro atoms. The molecule has 1 aliphatic heterocycles. The Balaban J connectivity index is 2.31. The second-order valence-electron chi connectivity index (χ2n) is 2.93. The predicted octanol–water partition coefficient (Wildman–Crippen LogP) is 0.917.